The highest BCUT2D eigenvalue weighted by Crippen LogP contribution is 2.25. The standard InChI is InChI=1S/C20H19FN4O2/c1-13-4-3-8-24-16(12-23-19(13)24)11-17(26)25-9-7-22-20(27)18(25)14-5-2-6-15(21)10-14/h2-6,8,10,12,18H,7,9,11H2,1H3,(H,22,27). The zero-order valence-corrected chi connectivity index (χ0v) is 14.9. The minimum atomic E-state index is -0.831. The van der Waals surface area contributed by atoms with E-state index in [0.29, 0.717) is 18.7 Å². The van der Waals surface area contributed by atoms with E-state index in [0.717, 1.165) is 16.9 Å². The van der Waals surface area contributed by atoms with Crippen molar-refractivity contribution in [2.75, 3.05) is 13.1 Å². The number of benzene rings is 1. The van der Waals surface area contributed by atoms with Gasteiger partial charge in [-0.15, -0.1) is 0 Å². The maximum Gasteiger partial charge on any atom is 0.247 e. The van der Waals surface area contributed by atoms with E-state index in [9.17, 15) is 14.0 Å². The maximum atomic E-state index is 13.6. The van der Waals surface area contributed by atoms with Gasteiger partial charge in [-0.1, -0.05) is 18.2 Å². The molecule has 2 aromatic heterocycles. The van der Waals surface area contributed by atoms with Gasteiger partial charge in [-0.2, -0.15) is 0 Å². The van der Waals surface area contributed by atoms with E-state index in [4.69, 9.17) is 0 Å². The first-order valence-corrected chi connectivity index (χ1v) is 8.79. The third-order valence-electron chi connectivity index (χ3n) is 4.84. The van der Waals surface area contributed by atoms with Crippen LogP contribution in [-0.2, 0) is 16.0 Å². The van der Waals surface area contributed by atoms with Gasteiger partial charge in [-0.05, 0) is 36.2 Å². The molecule has 1 aliphatic rings. The first kappa shape index (κ1) is 17.2. The van der Waals surface area contributed by atoms with Gasteiger partial charge in [0.25, 0.3) is 0 Å². The average molecular weight is 366 g/mol. The lowest BCUT2D eigenvalue weighted by Crippen LogP contribution is -2.52. The fraction of sp³-hybridized carbons (Fsp3) is 0.250. The van der Waals surface area contributed by atoms with Gasteiger partial charge in [0.05, 0.1) is 12.1 Å². The van der Waals surface area contributed by atoms with Crippen molar-refractivity contribution in [3.8, 4) is 0 Å². The zero-order valence-electron chi connectivity index (χ0n) is 14.9. The SMILES string of the molecule is Cc1cccn2c(CC(=O)N3CCNC(=O)C3c3cccc(F)c3)cnc12. The fourth-order valence-electron chi connectivity index (χ4n) is 3.53. The summed E-state index contributed by atoms with van der Waals surface area (Å²) in [7, 11) is 0. The Morgan fingerprint density at radius 2 is 2.19 bits per heavy atom. The van der Waals surface area contributed by atoms with Crippen LogP contribution < -0.4 is 5.32 Å². The molecule has 3 aromatic rings. The highest BCUT2D eigenvalue weighted by Gasteiger charge is 2.34. The molecule has 0 radical (unpaired) electrons. The van der Waals surface area contributed by atoms with E-state index in [1.165, 1.54) is 17.0 Å². The molecule has 6 nitrogen and oxygen atoms in total. The Morgan fingerprint density at radius 1 is 1.33 bits per heavy atom. The molecule has 27 heavy (non-hydrogen) atoms. The first-order chi connectivity index (χ1) is 13.0. The van der Waals surface area contributed by atoms with Crippen LogP contribution in [0.1, 0.15) is 22.9 Å². The lowest BCUT2D eigenvalue weighted by atomic mass is 10.0. The number of amides is 2. The number of carbonyl (C=O) groups excluding carboxylic acids is 2. The molecule has 2 amide bonds. The molecule has 0 aliphatic carbocycles. The number of piperazine rings is 1. The molecule has 3 heterocycles. The molecule has 0 bridgehead atoms. The van der Waals surface area contributed by atoms with Gasteiger partial charge in [0.15, 0.2) is 0 Å². The van der Waals surface area contributed by atoms with Gasteiger partial charge in [0, 0.05) is 25.5 Å². The summed E-state index contributed by atoms with van der Waals surface area (Å²) in [6.07, 6.45) is 3.66. The Balaban J connectivity index is 1.64. The Bertz CT molecular complexity index is 1030. The monoisotopic (exact) mass is 366 g/mol. The van der Waals surface area contributed by atoms with E-state index in [-0.39, 0.29) is 18.2 Å². The second-order valence-corrected chi connectivity index (χ2v) is 6.65. The second-order valence-electron chi connectivity index (χ2n) is 6.65. The Hall–Kier alpha value is -3.22. The average Bonchev–Trinajstić information content (AvgIpc) is 3.06. The van der Waals surface area contributed by atoms with Gasteiger partial charge in [-0.3, -0.25) is 9.59 Å². The predicted octanol–water partition coefficient (Wildman–Crippen LogP) is 2.02. The molecule has 1 fully saturated rings. The summed E-state index contributed by atoms with van der Waals surface area (Å²) in [5, 5.41) is 2.76. The molecule has 1 unspecified atom stereocenters. The number of hydrogen-bond acceptors (Lipinski definition) is 3. The molecule has 1 aliphatic heterocycles. The molecule has 7 heteroatoms. The first-order valence-electron chi connectivity index (χ1n) is 8.79. The summed E-state index contributed by atoms with van der Waals surface area (Å²) in [6.45, 7) is 2.72. The van der Waals surface area contributed by atoms with Crippen molar-refractivity contribution in [1.29, 1.82) is 0 Å². The number of rotatable bonds is 3. The highest BCUT2D eigenvalue weighted by molar-refractivity contribution is 5.90. The van der Waals surface area contributed by atoms with Crippen molar-refractivity contribution in [3.05, 3.63) is 71.4 Å². The summed E-state index contributed by atoms with van der Waals surface area (Å²) in [5.74, 6) is -0.924. The molecular weight excluding hydrogens is 347 g/mol. The third kappa shape index (κ3) is 3.16. The lowest BCUT2D eigenvalue weighted by Gasteiger charge is -2.35. The molecule has 0 spiro atoms. The zero-order chi connectivity index (χ0) is 19.0. The van der Waals surface area contributed by atoms with E-state index in [2.05, 4.69) is 10.3 Å². The van der Waals surface area contributed by atoms with Crippen LogP contribution in [0.5, 0.6) is 0 Å². The number of carbonyl (C=O) groups is 2. The second kappa shape index (κ2) is 6.83. The molecule has 1 aromatic carbocycles. The van der Waals surface area contributed by atoms with E-state index in [1.807, 2.05) is 29.7 Å². The number of nitrogens with zero attached hydrogens (tertiary/aromatic N) is 3. The highest BCUT2D eigenvalue weighted by atomic mass is 19.1. The topological polar surface area (TPSA) is 66.7 Å². The number of nitrogens with one attached hydrogen (secondary N) is 1. The van der Waals surface area contributed by atoms with Crippen molar-refractivity contribution in [2.24, 2.45) is 0 Å². The fourth-order valence-corrected chi connectivity index (χ4v) is 3.53. The number of aromatic nitrogens is 2. The maximum absolute atomic E-state index is 13.6. The molecule has 4 rings (SSSR count). The van der Waals surface area contributed by atoms with Crippen molar-refractivity contribution < 1.29 is 14.0 Å². The van der Waals surface area contributed by atoms with Crippen molar-refractivity contribution in [2.45, 2.75) is 19.4 Å². The summed E-state index contributed by atoms with van der Waals surface area (Å²) >= 11 is 0. The minimum Gasteiger partial charge on any atom is -0.352 e. The number of pyridine rings is 1. The number of fused-ring (bicyclic) bond motifs is 1. The van der Waals surface area contributed by atoms with Gasteiger partial charge in [-0.25, -0.2) is 9.37 Å². The van der Waals surface area contributed by atoms with E-state index < -0.39 is 11.9 Å². The Morgan fingerprint density at radius 3 is 3.00 bits per heavy atom. The number of halogens is 1. The number of hydrogen-bond donors (Lipinski definition) is 1. The summed E-state index contributed by atoms with van der Waals surface area (Å²) in [6, 6.07) is 8.86. The largest absolute Gasteiger partial charge is 0.352 e. The molecular formula is C20H19FN4O2. The normalized spacial score (nSPS) is 17.2. The number of imidazole rings is 1. The molecule has 138 valence electrons. The van der Waals surface area contributed by atoms with E-state index >= 15 is 0 Å². The van der Waals surface area contributed by atoms with Crippen LogP contribution in [0.4, 0.5) is 4.39 Å². The Labute approximate surface area is 155 Å². The van der Waals surface area contributed by atoms with Gasteiger partial charge >= 0.3 is 0 Å². The minimum absolute atomic E-state index is 0.115. The van der Waals surface area contributed by atoms with Gasteiger partial charge in [0.1, 0.15) is 17.5 Å². The smallest absolute Gasteiger partial charge is 0.247 e. The van der Waals surface area contributed by atoms with E-state index in [1.54, 1.807) is 18.3 Å². The van der Waals surface area contributed by atoms with Crippen LogP contribution >= 0.6 is 0 Å². The predicted molar refractivity (Wildman–Crippen MR) is 97.5 cm³/mol. The van der Waals surface area contributed by atoms with Crippen LogP contribution in [0, 0.1) is 12.7 Å². The molecule has 0 saturated carbocycles. The van der Waals surface area contributed by atoms with Crippen LogP contribution in [0.3, 0.4) is 0 Å². The number of aryl methyl sites for hydroxylation is 1. The molecule has 1 N–H and O–H groups in total. The Kier molecular flexibility index (Phi) is 4.35. The van der Waals surface area contributed by atoms with Gasteiger partial charge < -0.3 is 14.6 Å². The lowest BCUT2D eigenvalue weighted by molar-refractivity contribution is -0.143. The molecule has 1 atom stereocenters. The van der Waals surface area contributed by atoms with Crippen molar-refractivity contribution >= 4 is 17.5 Å². The van der Waals surface area contributed by atoms with Crippen LogP contribution in [0.2, 0.25) is 0 Å². The van der Waals surface area contributed by atoms with Crippen LogP contribution in [0.25, 0.3) is 5.65 Å². The van der Waals surface area contributed by atoms with Crippen molar-refractivity contribution in [1.82, 2.24) is 19.6 Å². The summed E-state index contributed by atoms with van der Waals surface area (Å²) in [5.41, 5.74) is 3.04. The summed E-state index contributed by atoms with van der Waals surface area (Å²) in [4.78, 5) is 31.4. The molecule has 1 saturated heterocycles. The van der Waals surface area contributed by atoms with Crippen LogP contribution in [-0.4, -0.2) is 39.2 Å². The van der Waals surface area contributed by atoms with Crippen LogP contribution in [0.15, 0.2) is 48.8 Å². The third-order valence-corrected chi connectivity index (χ3v) is 4.84. The summed E-state index contributed by atoms with van der Waals surface area (Å²) < 4.78 is 15.5. The quantitative estimate of drug-likeness (QED) is 0.771. The van der Waals surface area contributed by atoms with Gasteiger partial charge in [0.2, 0.25) is 11.8 Å². The van der Waals surface area contributed by atoms with Crippen molar-refractivity contribution in [3.63, 3.8) is 0 Å².